The molecule has 0 saturated carbocycles. The first-order chi connectivity index (χ1) is 5.54. The molecule has 1 aromatic rings. The van der Waals surface area contributed by atoms with Gasteiger partial charge < -0.3 is 5.73 Å². The summed E-state index contributed by atoms with van der Waals surface area (Å²) in [7, 11) is 1.91. The van der Waals surface area contributed by atoms with Gasteiger partial charge in [-0.05, 0) is 13.8 Å². The summed E-state index contributed by atoms with van der Waals surface area (Å²) < 4.78 is 1.82. The van der Waals surface area contributed by atoms with Gasteiger partial charge in [-0.15, -0.1) is 0 Å². The van der Waals surface area contributed by atoms with Crippen molar-refractivity contribution in [2.75, 3.05) is 0 Å². The molecule has 0 radical (unpaired) electrons. The monoisotopic (exact) mass is 165 g/mol. The van der Waals surface area contributed by atoms with Gasteiger partial charge in [0.25, 0.3) is 0 Å². The van der Waals surface area contributed by atoms with Crippen LogP contribution in [0.25, 0.3) is 0 Å². The second-order valence-corrected chi connectivity index (χ2v) is 3.13. The van der Waals surface area contributed by atoms with E-state index in [1.54, 1.807) is 6.20 Å². The smallest absolute Gasteiger partial charge is 0.0543 e. The molecule has 0 aliphatic heterocycles. The maximum Gasteiger partial charge on any atom is 0.0543 e. The summed E-state index contributed by atoms with van der Waals surface area (Å²) in [4.78, 5) is 0. The van der Waals surface area contributed by atoms with Crippen molar-refractivity contribution >= 4 is 0 Å². The molecule has 0 bridgehead atoms. The second-order valence-electron chi connectivity index (χ2n) is 3.13. The summed E-state index contributed by atoms with van der Waals surface area (Å²) >= 11 is 0. The van der Waals surface area contributed by atoms with Crippen LogP contribution < -0.4 is 5.73 Å². The number of nitrogens with two attached hydrogens (primary N) is 1. The van der Waals surface area contributed by atoms with Gasteiger partial charge in [0.05, 0.1) is 12.2 Å². The Morgan fingerprint density at radius 2 is 2.33 bits per heavy atom. The number of hydrogen-bond donors (Lipinski definition) is 1. The Kier molecular flexibility index (Phi) is 2.33. The zero-order chi connectivity index (χ0) is 9.30. The van der Waals surface area contributed by atoms with E-state index in [4.69, 9.17) is 5.73 Å². The minimum atomic E-state index is -0.0845. The van der Waals surface area contributed by atoms with Gasteiger partial charge in [0.2, 0.25) is 0 Å². The second kappa shape index (κ2) is 3.11. The lowest BCUT2D eigenvalue weighted by molar-refractivity contribution is 0.733. The van der Waals surface area contributed by atoms with Gasteiger partial charge in [0, 0.05) is 18.3 Å². The van der Waals surface area contributed by atoms with Crippen LogP contribution in [0.15, 0.2) is 18.3 Å². The number of hydrogen-bond acceptors (Lipinski definition) is 2. The highest BCUT2D eigenvalue weighted by Crippen LogP contribution is 2.19. The van der Waals surface area contributed by atoms with Crippen LogP contribution in [-0.4, -0.2) is 9.78 Å². The van der Waals surface area contributed by atoms with Crippen molar-refractivity contribution in [2.24, 2.45) is 12.8 Å². The lowest BCUT2D eigenvalue weighted by Gasteiger charge is -2.09. The Labute approximate surface area is 72.9 Å². The molecule has 0 amide bonds. The van der Waals surface area contributed by atoms with Crippen LogP contribution in [0.1, 0.15) is 24.2 Å². The van der Waals surface area contributed by atoms with E-state index in [2.05, 4.69) is 11.7 Å². The van der Waals surface area contributed by atoms with Crippen molar-refractivity contribution in [1.82, 2.24) is 9.78 Å². The molecule has 12 heavy (non-hydrogen) atoms. The van der Waals surface area contributed by atoms with Crippen LogP contribution in [0, 0.1) is 6.92 Å². The third-order valence-electron chi connectivity index (χ3n) is 2.14. The molecule has 3 heteroatoms. The fourth-order valence-corrected chi connectivity index (χ4v) is 1.09. The molecule has 1 rings (SSSR count). The van der Waals surface area contributed by atoms with E-state index < -0.39 is 0 Å². The highest BCUT2D eigenvalue weighted by atomic mass is 15.3. The fraction of sp³-hybridized carbons (Fsp3) is 0.444. The molecule has 1 heterocycles. The Balaban J connectivity index is 3.03. The molecule has 3 nitrogen and oxygen atoms in total. The molecule has 1 atom stereocenters. The van der Waals surface area contributed by atoms with Crippen molar-refractivity contribution in [2.45, 2.75) is 19.9 Å². The first-order valence-corrected chi connectivity index (χ1v) is 3.93. The minimum absolute atomic E-state index is 0.0845. The Morgan fingerprint density at radius 1 is 1.75 bits per heavy atom. The molecule has 0 fully saturated rings. The summed E-state index contributed by atoms with van der Waals surface area (Å²) in [5.41, 5.74) is 9.03. The molecule has 66 valence electrons. The van der Waals surface area contributed by atoms with E-state index in [1.165, 1.54) is 0 Å². The largest absolute Gasteiger partial charge is 0.320 e. The highest BCUT2D eigenvalue weighted by Gasteiger charge is 2.12. The minimum Gasteiger partial charge on any atom is -0.320 e. The summed E-state index contributed by atoms with van der Waals surface area (Å²) in [5, 5.41) is 4.12. The highest BCUT2D eigenvalue weighted by molar-refractivity contribution is 5.26. The molecular formula is C9H15N3. The summed E-state index contributed by atoms with van der Waals surface area (Å²) in [5.74, 6) is 0. The molecule has 2 N–H and O–H groups in total. The van der Waals surface area contributed by atoms with Gasteiger partial charge in [-0.2, -0.15) is 5.10 Å². The molecule has 0 aliphatic carbocycles. The first kappa shape index (κ1) is 9.00. The third-order valence-corrected chi connectivity index (χ3v) is 2.14. The normalized spacial score (nSPS) is 13.0. The van der Waals surface area contributed by atoms with Crippen LogP contribution >= 0.6 is 0 Å². The molecule has 0 spiro atoms. The number of aryl methyl sites for hydroxylation is 1. The molecule has 0 saturated heterocycles. The molecule has 0 aliphatic rings. The summed E-state index contributed by atoms with van der Waals surface area (Å²) in [6.45, 7) is 7.75. The van der Waals surface area contributed by atoms with Crippen molar-refractivity contribution in [3.63, 3.8) is 0 Å². The van der Waals surface area contributed by atoms with Crippen LogP contribution in [0.4, 0.5) is 0 Å². The van der Waals surface area contributed by atoms with E-state index in [9.17, 15) is 0 Å². The van der Waals surface area contributed by atoms with E-state index in [0.717, 1.165) is 16.8 Å². The zero-order valence-electron chi connectivity index (χ0n) is 7.83. The zero-order valence-corrected chi connectivity index (χ0v) is 7.83. The van der Waals surface area contributed by atoms with Gasteiger partial charge in [-0.25, -0.2) is 0 Å². The Bertz CT molecular complexity index is 299. The summed E-state index contributed by atoms with van der Waals surface area (Å²) in [6.07, 6.45) is 1.80. The Morgan fingerprint density at radius 3 is 2.67 bits per heavy atom. The van der Waals surface area contributed by atoms with Crippen LogP contribution in [-0.2, 0) is 7.05 Å². The third kappa shape index (κ3) is 1.41. The first-order valence-electron chi connectivity index (χ1n) is 3.93. The van der Waals surface area contributed by atoms with Gasteiger partial charge in [0.15, 0.2) is 0 Å². The number of nitrogens with zero attached hydrogens (tertiary/aromatic N) is 2. The van der Waals surface area contributed by atoms with Crippen LogP contribution in [0.5, 0.6) is 0 Å². The summed E-state index contributed by atoms with van der Waals surface area (Å²) in [6, 6.07) is -0.0845. The fourth-order valence-electron chi connectivity index (χ4n) is 1.09. The van der Waals surface area contributed by atoms with E-state index in [0.29, 0.717) is 0 Å². The van der Waals surface area contributed by atoms with Crippen molar-refractivity contribution < 1.29 is 0 Å². The standard InChI is InChI=1S/C9H15N3/c1-6(2)9(10)8-5-11-12(4)7(8)3/h5,9H,1,10H2,2-4H3. The van der Waals surface area contributed by atoms with Gasteiger partial charge >= 0.3 is 0 Å². The quantitative estimate of drug-likeness (QED) is 0.671. The molecular weight excluding hydrogens is 150 g/mol. The lowest BCUT2D eigenvalue weighted by atomic mass is 10.0. The molecule has 1 aromatic heterocycles. The van der Waals surface area contributed by atoms with Crippen molar-refractivity contribution in [3.8, 4) is 0 Å². The number of rotatable bonds is 2. The van der Waals surface area contributed by atoms with Crippen LogP contribution in [0.2, 0.25) is 0 Å². The number of aromatic nitrogens is 2. The average Bonchev–Trinajstić information content (AvgIpc) is 2.32. The topological polar surface area (TPSA) is 43.8 Å². The predicted octanol–water partition coefficient (Wildman–Crippen LogP) is 1.30. The average molecular weight is 165 g/mol. The van der Waals surface area contributed by atoms with Crippen molar-refractivity contribution in [1.29, 1.82) is 0 Å². The SMILES string of the molecule is C=C(C)C(N)c1cnn(C)c1C. The van der Waals surface area contributed by atoms with E-state index in [-0.39, 0.29) is 6.04 Å². The lowest BCUT2D eigenvalue weighted by Crippen LogP contribution is -2.11. The van der Waals surface area contributed by atoms with Gasteiger partial charge in [-0.1, -0.05) is 12.2 Å². The maximum absolute atomic E-state index is 5.90. The maximum atomic E-state index is 5.90. The van der Waals surface area contributed by atoms with Crippen molar-refractivity contribution in [3.05, 3.63) is 29.6 Å². The van der Waals surface area contributed by atoms with Crippen LogP contribution in [0.3, 0.4) is 0 Å². The van der Waals surface area contributed by atoms with E-state index >= 15 is 0 Å². The van der Waals surface area contributed by atoms with E-state index in [1.807, 2.05) is 25.6 Å². The van der Waals surface area contributed by atoms with Gasteiger partial charge in [-0.3, -0.25) is 4.68 Å². The molecule has 1 unspecified atom stereocenters. The molecule has 0 aromatic carbocycles. The van der Waals surface area contributed by atoms with Gasteiger partial charge in [0.1, 0.15) is 0 Å². The predicted molar refractivity (Wildman–Crippen MR) is 49.7 cm³/mol. The Hall–Kier alpha value is -1.09.